The molecule has 0 saturated carbocycles. The molecule has 0 aliphatic carbocycles. The van der Waals surface area contributed by atoms with E-state index in [9.17, 15) is 24.3 Å². The molecule has 1 aliphatic rings. The van der Waals surface area contributed by atoms with Gasteiger partial charge in [0, 0.05) is 26.0 Å². The molecule has 0 radical (unpaired) electrons. The third-order valence-electron chi connectivity index (χ3n) is 5.87. The molecule has 0 bridgehead atoms. The smallest absolute Gasteiger partial charge is 0.253 e. The van der Waals surface area contributed by atoms with Crippen molar-refractivity contribution in [3.8, 4) is 5.75 Å². The fourth-order valence-electron chi connectivity index (χ4n) is 3.69. The Hall–Kier alpha value is -3.96. The lowest BCUT2D eigenvalue weighted by Gasteiger charge is -2.22. The maximum atomic E-state index is 13.2. The number of amides is 4. The van der Waals surface area contributed by atoms with Crippen LogP contribution in [0.5, 0.6) is 5.75 Å². The van der Waals surface area contributed by atoms with E-state index in [0.29, 0.717) is 12.0 Å². The van der Waals surface area contributed by atoms with E-state index in [0.717, 1.165) is 11.1 Å². The number of phenols is 1. The molecular formula is C26H32N4O7. The highest BCUT2D eigenvalue weighted by Gasteiger charge is 2.50. The average Bonchev–Trinajstić information content (AvgIpc) is 3.67. The number of aliphatic hydroxyl groups is 1. The summed E-state index contributed by atoms with van der Waals surface area (Å²) >= 11 is 0. The normalized spacial score (nSPS) is 17.8. The summed E-state index contributed by atoms with van der Waals surface area (Å²) in [6.45, 7) is 2.09. The molecule has 4 amide bonds. The first-order valence-corrected chi connectivity index (χ1v) is 12.0. The molecule has 198 valence electrons. The van der Waals surface area contributed by atoms with Gasteiger partial charge in [-0.05, 0) is 36.6 Å². The number of rotatable bonds is 13. The van der Waals surface area contributed by atoms with Gasteiger partial charge in [0.2, 0.25) is 11.8 Å². The Bertz CT molecular complexity index is 1100. The standard InChI is InChI=1S/C26H32N4O7/c1-15-3-5-16(6-4-15)14-20(30-26(36)22-21(37-22)25(35)28-11-2-12-31)24(34)29-19(23(27)33)13-17-7-9-18(32)10-8-17/h3-10,19-22,31-32H,2,11-14H2,1H3,(H2,27,33)(H,28,35)(H,29,34)(H,30,36)/t19-,20-,21?,22-/m0/s1. The largest absolute Gasteiger partial charge is 0.508 e. The lowest BCUT2D eigenvalue weighted by molar-refractivity contribution is -0.131. The first kappa shape index (κ1) is 27.6. The van der Waals surface area contributed by atoms with E-state index in [1.54, 1.807) is 12.1 Å². The Labute approximate surface area is 214 Å². The van der Waals surface area contributed by atoms with E-state index >= 15 is 0 Å². The maximum Gasteiger partial charge on any atom is 0.253 e. The fraction of sp³-hybridized carbons (Fsp3) is 0.385. The third kappa shape index (κ3) is 8.29. The van der Waals surface area contributed by atoms with E-state index < -0.39 is 47.9 Å². The van der Waals surface area contributed by atoms with Crippen molar-refractivity contribution in [2.75, 3.05) is 13.2 Å². The maximum absolute atomic E-state index is 13.2. The van der Waals surface area contributed by atoms with E-state index in [-0.39, 0.29) is 31.7 Å². The van der Waals surface area contributed by atoms with Crippen LogP contribution in [0.25, 0.3) is 0 Å². The summed E-state index contributed by atoms with van der Waals surface area (Å²) in [7, 11) is 0. The number of carbonyl (C=O) groups excluding carboxylic acids is 4. The second kappa shape index (κ2) is 12.8. The number of aryl methyl sites for hydroxylation is 1. The zero-order valence-electron chi connectivity index (χ0n) is 20.5. The lowest BCUT2D eigenvalue weighted by atomic mass is 10.0. The molecular weight excluding hydrogens is 480 g/mol. The van der Waals surface area contributed by atoms with E-state index in [1.165, 1.54) is 12.1 Å². The first-order chi connectivity index (χ1) is 17.7. The Morgan fingerprint density at radius 1 is 0.892 bits per heavy atom. The number of ether oxygens (including phenoxy) is 1. The number of carbonyl (C=O) groups is 4. The van der Waals surface area contributed by atoms with Crippen molar-refractivity contribution in [1.82, 2.24) is 16.0 Å². The minimum atomic E-state index is -1.07. The molecule has 1 unspecified atom stereocenters. The Balaban J connectivity index is 1.68. The minimum Gasteiger partial charge on any atom is -0.508 e. The van der Waals surface area contributed by atoms with Crippen LogP contribution in [-0.2, 0) is 36.8 Å². The van der Waals surface area contributed by atoms with Crippen LogP contribution >= 0.6 is 0 Å². The van der Waals surface area contributed by atoms with Gasteiger partial charge in [-0.15, -0.1) is 0 Å². The number of hydrogen-bond acceptors (Lipinski definition) is 7. The highest BCUT2D eigenvalue weighted by Crippen LogP contribution is 2.23. The number of phenolic OH excluding ortho intramolecular Hbond substituents is 1. The molecule has 3 rings (SSSR count). The summed E-state index contributed by atoms with van der Waals surface area (Å²) in [5.74, 6) is -2.43. The number of benzene rings is 2. The second-order valence-electron chi connectivity index (χ2n) is 8.93. The summed E-state index contributed by atoms with van der Waals surface area (Å²) in [4.78, 5) is 50.2. The van der Waals surface area contributed by atoms with E-state index in [2.05, 4.69) is 16.0 Å². The van der Waals surface area contributed by atoms with Gasteiger partial charge in [0.15, 0.2) is 12.2 Å². The van der Waals surface area contributed by atoms with Crippen LogP contribution in [-0.4, -0.2) is 71.3 Å². The number of hydrogen-bond donors (Lipinski definition) is 6. The van der Waals surface area contributed by atoms with Crippen LogP contribution in [0.2, 0.25) is 0 Å². The van der Waals surface area contributed by atoms with Gasteiger partial charge in [-0.2, -0.15) is 0 Å². The Morgan fingerprint density at radius 3 is 2.05 bits per heavy atom. The van der Waals surface area contributed by atoms with Gasteiger partial charge in [0.1, 0.15) is 17.8 Å². The molecule has 1 fully saturated rings. The fourth-order valence-corrected chi connectivity index (χ4v) is 3.69. The first-order valence-electron chi connectivity index (χ1n) is 12.0. The van der Waals surface area contributed by atoms with Crippen molar-refractivity contribution >= 4 is 23.6 Å². The highest BCUT2D eigenvalue weighted by molar-refractivity contribution is 5.97. The number of aromatic hydroxyl groups is 1. The summed E-state index contributed by atoms with van der Waals surface area (Å²) in [5.41, 5.74) is 7.99. The molecule has 37 heavy (non-hydrogen) atoms. The molecule has 7 N–H and O–H groups in total. The number of aliphatic hydroxyl groups excluding tert-OH is 1. The lowest BCUT2D eigenvalue weighted by Crippen LogP contribution is -2.55. The Kier molecular flexibility index (Phi) is 9.58. The zero-order valence-corrected chi connectivity index (χ0v) is 20.5. The minimum absolute atomic E-state index is 0.0620. The van der Waals surface area contributed by atoms with Crippen molar-refractivity contribution in [2.24, 2.45) is 5.73 Å². The summed E-state index contributed by atoms with van der Waals surface area (Å²) < 4.78 is 5.21. The summed E-state index contributed by atoms with van der Waals surface area (Å²) in [5, 5.41) is 26.1. The van der Waals surface area contributed by atoms with Crippen LogP contribution in [0.15, 0.2) is 48.5 Å². The number of primary amides is 1. The molecule has 11 nitrogen and oxygen atoms in total. The van der Waals surface area contributed by atoms with Crippen molar-refractivity contribution < 1.29 is 34.1 Å². The van der Waals surface area contributed by atoms with Gasteiger partial charge >= 0.3 is 0 Å². The van der Waals surface area contributed by atoms with Crippen molar-refractivity contribution in [3.63, 3.8) is 0 Å². The molecule has 2 aromatic carbocycles. The van der Waals surface area contributed by atoms with Crippen LogP contribution in [0.4, 0.5) is 0 Å². The Morgan fingerprint density at radius 2 is 1.46 bits per heavy atom. The van der Waals surface area contributed by atoms with Crippen LogP contribution < -0.4 is 21.7 Å². The molecule has 1 saturated heterocycles. The quantitative estimate of drug-likeness (QED) is 0.150. The van der Waals surface area contributed by atoms with Gasteiger partial charge < -0.3 is 36.6 Å². The van der Waals surface area contributed by atoms with Gasteiger partial charge in [0.25, 0.3) is 11.8 Å². The molecule has 2 aromatic rings. The van der Waals surface area contributed by atoms with Crippen molar-refractivity contribution in [2.45, 2.75) is 50.5 Å². The highest BCUT2D eigenvalue weighted by atomic mass is 16.6. The number of nitrogens with one attached hydrogen (secondary N) is 3. The molecule has 4 atom stereocenters. The molecule has 1 heterocycles. The van der Waals surface area contributed by atoms with Crippen LogP contribution in [0.3, 0.4) is 0 Å². The van der Waals surface area contributed by atoms with Crippen LogP contribution in [0, 0.1) is 6.92 Å². The van der Waals surface area contributed by atoms with Gasteiger partial charge in [-0.25, -0.2) is 0 Å². The molecule has 0 aromatic heterocycles. The van der Waals surface area contributed by atoms with E-state index in [4.69, 9.17) is 15.6 Å². The average molecular weight is 513 g/mol. The second-order valence-corrected chi connectivity index (χ2v) is 8.93. The summed E-state index contributed by atoms with van der Waals surface area (Å²) in [6, 6.07) is 11.4. The van der Waals surface area contributed by atoms with Gasteiger partial charge in [-0.3, -0.25) is 19.2 Å². The van der Waals surface area contributed by atoms with Gasteiger partial charge in [-0.1, -0.05) is 42.0 Å². The molecule has 11 heteroatoms. The predicted molar refractivity (Wildman–Crippen MR) is 133 cm³/mol. The predicted octanol–water partition coefficient (Wildman–Crippen LogP) is -0.793. The summed E-state index contributed by atoms with van der Waals surface area (Å²) in [6.07, 6.45) is -1.43. The molecule has 0 spiro atoms. The van der Waals surface area contributed by atoms with Crippen molar-refractivity contribution in [3.05, 3.63) is 65.2 Å². The van der Waals surface area contributed by atoms with Crippen molar-refractivity contribution in [1.29, 1.82) is 0 Å². The SMILES string of the molecule is Cc1ccc(C[C@H](NC(=O)[C@H]2OC2C(=O)NCCCO)C(=O)N[C@@H](Cc2ccc(O)cc2)C(N)=O)cc1. The van der Waals surface area contributed by atoms with Gasteiger partial charge in [0.05, 0.1) is 0 Å². The zero-order chi connectivity index (χ0) is 26.9. The topological polar surface area (TPSA) is 183 Å². The van der Waals surface area contributed by atoms with Crippen LogP contribution in [0.1, 0.15) is 23.1 Å². The monoisotopic (exact) mass is 512 g/mol. The number of epoxide rings is 1. The molecule has 1 aliphatic heterocycles. The van der Waals surface area contributed by atoms with E-state index in [1.807, 2.05) is 31.2 Å². The third-order valence-corrected chi connectivity index (χ3v) is 5.87. The number of nitrogens with two attached hydrogens (primary N) is 1.